The van der Waals surface area contributed by atoms with E-state index in [1.807, 2.05) is 0 Å². The van der Waals surface area contributed by atoms with Crippen LogP contribution in [-0.4, -0.2) is 71.3 Å². The molecule has 15 nitrogen and oxygen atoms in total. The molecule has 2 heterocycles. The van der Waals surface area contributed by atoms with Gasteiger partial charge >= 0.3 is 0 Å². The van der Waals surface area contributed by atoms with Gasteiger partial charge in [0.2, 0.25) is 17.5 Å². The lowest BCUT2D eigenvalue weighted by Crippen LogP contribution is -2.19. The predicted octanol–water partition coefficient (Wildman–Crippen LogP) is 5.81. The summed E-state index contributed by atoms with van der Waals surface area (Å²) in [7, 11) is -4.21. The van der Waals surface area contributed by atoms with Gasteiger partial charge in [-0.25, -0.2) is 26.8 Å². The molecule has 4 aromatic rings. The molecule has 0 atom stereocenters. The quantitative estimate of drug-likeness (QED) is 0.145. The van der Waals surface area contributed by atoms with Gasteiger partial charge in [0.05, 0.1) is 40.9 Å². The van der Waals surface area contributed by atoms with Crippen LogP contribution in [0.2, 0.25) is 30.4 Å². The van der Waals surface area contributed by atoms with E-state index >= 15 is 0 Å². The van der Waals surface area contributed by atoms with Crippen LogP contribution in [0, 0.1) is 0 Å². The van der Waals surface area contributed by atoms with Gasteiger partial charge in [-0.3, -0.25) is 19.2 Å². The molecule has 48 heavy (non-hydrogen) atoms. The van der Waals surface area contributed by atoms with Crippen molar-refractivity contribution in [2.24, 2.45) is 0 Å². The fraction of sp³-hybridized carbons (Fsp3) is 0.200. The summed E-state index contributed by atoms with van der Waals surface area (Å²) in [6.07, 6.45) is 0. The highest BCUT2D eigenvalue weighted by molar-refractivity contribution is 7.93. The van der Waals surface area contributed by atoms with Crippen molar-refractivity contribution < 1.29 is 35.8 Å². The number of aromatic amines is 1. The molecular weight excluding hydrogens is 805 g/mol. The monoisotopic (exact) mass is 824 g/mol. The predicted molar refractivity (Wildman–Crippen MR) is 182 cm³/mol. The molecule has 0 unspecified atom stereocenters. The van der Waals surface area contributed by atoms with E-state index in [9.17, 15) is 21.6 Å². The Morgan fingerprint density at radius 2 is 1.21 bits per heavy atom. The number of rotatable bonds is 12. The van der Waals surface area contributed by atoms with E-state index in [-0.39, 0.29) is 70.9 Å². The fourth-order valence-corrected chi connectivity index (χ4v) is 7.13. The first-order valence-corrected chi connectivity index (χ1v) is 17.8. The van der Waals surface area contributed by atoms with E-state index in [4.69, 9.17) is 88.6 Å². The molecule has 0 saturated heterocycles. The first-order chi connectivity index (χ1) is 22.6. The summed E-state index contributed by atoms with van der Waals surface area (Å²) in [6.45, 7) is 0.485. The summed E-state index contributed by atoms with van der Waals surface area (Å²) in [5.41, 5.74) is -0.720. The minimum Gasteiger partial charge on any atom is -0.480 e. The highest BCUT2D eigenvalue weighted by Gasteiger charge is 2.25. The molecule has 0 aliphatic carbocycles. The number of hydrogen-bond acceptors (Lipinski definition) is 12. The third-order valence-electron chi connectivity index (χ3n) is 5.43. The van der Waals surface area contributed by atoms with Gasteiger partial charge in [-0.2, -0.15) is 4.98 Å². The highest BCUT2D eigenvalue weighted by atomic mass is 35.5. The van der Waals surface area contributed by atoms with Crippen molar-refractivity contribution in [2.75, 3.05) is 44.0 Å². The average Bonchev–Trinajstić information content (AvgIpc) is 3.02. The Morgan fingerprint density at radius 3 is 1.71 bits per heavy atom. The zero-order valence-electron chi connectivity index (χ0n) is 24.5. The second-order valence-electron chi connectivity index (χ2n) is 8.57. The molecule has 0 bridgehead atoms. The normalized spacial score (nSPS) is 11.3. The lowest BCUT2D eigenvalue weighted by molar-refractivity contribution is 0.143. The van der Waals surface area contributed by atoms with Crippen LogP contribution in [0.15, 0.2) is 51.0 Å². The van der Waals surface area contributed by atoms with Gasteiger partial charge in [-0.1, -0.05) is 81.7 Å². The Balaban J connectivity index is 0.000000264. The van der Waals surface area contributed by atoms with Crippen molar-refractivity contribution in [3.63, 3.8) is 0 Å². The lowest BCUT2D eigenvalue weighted by Gasteiger charge is -2.13. The molecule has 0 radical (unpaired) electrons. The van der Waals surface area contributed by atoms with Crippen molar-refractivity contribution in [3.8, 4) is 17.6 Å². The molecule has 0 amide bonds. The van der Waals surface area contributed by atoms with E-state index in [2.05, 4.69) is 29.4 Å². The van der Waals surface area contributed by atoms with Gasteiger partial charge in [0.15, 0.2) is 10.3 Å². The third kappa shape index (κ3) is 9.79. The number of aromatic nitrogens is 4. The number of benzene rings is 2. The number of halogens is 6. The summed E-state index contributed by atoms with van der Waals surface area (Å²) >= 11 is 35.1. The molecule has 23 heteroatoms. The third-order valence-corrected chi connectivity index (χ3v) is 10.6. The first kappa shape index (κ1) is 39.4. The van der Waals surface area contributed by atoms with Crippen LogP contribution >= 0.6 is 69.6 Å². The van der Waals surface area contributed by atoms with Crippen LogP contribution in [0.1, 0.15) is 0 Å². The molecular formula is C25H22Cl6N6O9S2. The van der Waals surface area contributed by atoms with Gasteiger partial charge in [0.1, 0.15) is 16.4 Å². The molecule has 2 aromatic carbocycles. The Labute approximate surface area is 303 Å². The highest BCUT2D eigenvalue weighted by Crippen LogP contribution is 2.34. The maximum Gasteiger partial charge on any atom is 0.288 e. The van der Waals surface area contributed by atoms with Gasteiger partial charge in [0.25, 0.3) is 37.4 Å². The Kier molecular flexibility index (Phi) is 14.0. The lowest BCUT2D eigenvalue weighted by atomic mass is 10.4. The van der Waals surface area contributed by atoms with E-state index in [1.54, 1.807) is 0 Å². The van der Waals surface area contributed by atoms with Crippen LogP contribution < -0.4 is 29.2 Å². The van der Waals surface area contributed by atoms with Crippen molar-refractivity contribution in [2.45, 2.75) is 9.79 Å². The SMILES string of the molecule is COCCOc1nc(OC)c(NS(=O)(=O)c2cccc(Cl)c2Cl)nc1Cl.COc1[nH]c(=O)c(Cl)nc1NS(=O)(=O)c1cccc(Cl)c1Cl. The number of sulfonamides is 2. The first-order valence-electron chi connectivity index (χ1n) is 12.6. The molecule has 0 aliphatic heterocycles. The van der Waals surface area contributed by atoms with Gasteiger partial charge in [-0.05, 0) is 24.3 Å². The van der Waals surface area contributed by atoms with Crippen LogP contribution in [0.25, 0.3) is 0 Å². The largest absolute Gasteiger partial charge is 0.480 e. The molecule has 0 spiro atoms. The Bertz CT molecular complexity index is 2070. The Hall–Kier alpha value is -3.00. The van der Waals surface area contributed by atoms with E-state index in [0.717, 1.165) is 0 Å². The van der Waals surface area contributed by atoms with Crippen molar-refractivity contribution in [1.29, 1.82) is 0 Å². The molecule has 3 N–H and O–H groups in total. The van der Waals surface area contributed by atoms with Crippen LogP contribution in [0.3, 0.4) is 0 Å². The number of hydrogen-bond donors (Lipinski definition) is 3. The van der Waals surface area contributed by atoms with Crippen LogP contribution in [-0.2, 0) is 24.8 Å². The standard InChI is InChI=1S/C14H14Cl3N3O5S.C11H8Cl3N3O4S/c1-23-6-7-25-13-11(17)18-12(14(19-13)24-2)20-26(21,22)9-5-3-4-8(15)10(9)16;1-21-11-9(15-8(14)10(18)16-11)17-22(19,20)6-4-2-3-5(12)7(6)13/h3-5H,6-7H2,1-2H3,(H,18,20);2-4H,1H3,(H,15,17)(H,16,18). The van der Waals surface area contributed by atoms with Gasteiger partial charge < -0.3 is 18.9 Å². The number of anilines is 2. The second kappa shape index (κ2) is 17.1. The van der Waals surface area contributed by atoms with Gasteiger partial charge in [0, 0.05) is 7.11 Å². The van der Waals surface area contributed by atoms with Crippen molar-refractivity contribution >= 4 is 101 Å². The number of H-pyrrole nitrogens is 1. The zero-order chi connectivity index (χ0) is 35.8. The molecule has 4 rings (SSSR count). The summed E-state index contributed by atoms with van der Waals surface area (Å²) in [4.78, 5) is 24.7. The maximum atomic E-state index is 12.6. The smallest absolute Gasteiger partial charge is 0.288 e. The minimum atomic E-state index is -4.12. The molecule has 0 aliphatic rings. The molecule has 0 fully saturated rings. The van der Waals surface area contributed by atoms with E-state index in [1.165, 1.54) is 57.7 Å². The number of methoxy groups -OCH3 is 3. The minimum absolute atomic E-state index is 0.0238. The number of nitrogens with one attached hydrogen (secondary N) is 3. The average molecular weight is 827 g/mol. The zero-order valence-corrected chi connectivity index (χ0v) is 30.6. The molecule has 0 saturated carbocycles. The van der Waals surface area contributed by atoms with Gasteiger partial charge in [-0.15, -0.1) is 0 Å². The summed E-state index contributed by atoms with van der Waals surface area (Å²) in [5, 5.41) is -0.714. The number of nitrogens with zero attached hydrogens (tertiary/aromatic N) is 3. The maximum absolute atomic E-state index is 12.6. The number of ether oxygens (including phenoxy) is 4. The van der Waals surface area contributed by atoms with E-state index in [0.29, 0.717) is 6.61 Å². The fourth-order valence-electron chi connectivity index (χ4n) is 3.29. The van der Waals surface area contributed by atoms with Crippen LogP contribution in [0.5, 0.6) is 17.6 Å². The van der Waals surface area contributed by atoms with E-state index < -0.39 is 30.8 Å². The van der Waals surface area contributed by atoms with Crippen molar-refractivity contribution in [1.82, 2.24) is 19.9 Å². The summed E-state index contributed by atoms with van der Waals surface area (Å²) < 4.78 is 74.3. The van der Waals surface area contributed by atoms with Crippen molar-refractivity contribution in [3.05, 3.63) is 77.1 Å². The van der Waals surface area contributed by atoms with Crippen LogP contribution in [0.4, 0.5) is 11.6 Å². The second-order valence-corrected chi connectivity index (χ2v) is 14.2. The molecule has 2 aromatic heterocycles. The summed E-state index contributed by atoms with van der Waals surface area (Å²) in [5.74, 6) is -0.875. The topological polar surface area (TPSA) is 201 Å². The summed E-state index contributed by atoms with van der Waals surface area (Å²) in [6, 6.07) is 8.33. The molecule has 260 valence electrons. The Morgan fingerprint density at radius 1 is 0.688 bits per heavy atom.